The van der Waals surface area contributed by atoms with Crippen LogP contribution in [0.5, 0.6) is 0 Å². The Balaban J connectivity index is 1.53. The molecule has 3 aromatic rings. The molecule has 102 valence electrons. The number of furan rings is 1. The first-order valence-electron chi connectivity index (χ1n) is 6.22. The van der Waals surface area contributed by atoms with Crippen LogP contribution in [0.25, 0.3) is 10.6 Å². The highest BCUT2D eigenvalue weighted by atomic mass is 32.1. The molecule has 0 unspecified atom stereocenters. The van der Waals surface area contributed by atoms with Gasteiger partial charge in [-0.15, -0.1) is 11.3 Å². The van der Waals surface area contributed by atoms with Gasteiger partial charge in [0.25, 0.3) is 5.91 Å². The molecule has 6 heteroatoms. The fourth-order valence-corrected chi connectivity index (χ4v) is 2.51. The number of thiophene rings is 1. The van der Waals surface area contributed by atoms with Gasteiger partial charge in [-0.25, -0.2) is 0 Å². The summed E-state index contributed by atoms with van der Waals surface area (Å²) in [5.74, 6) is 0.116. The summed E-state index contributed by atoms with van der Waals surface area (Å²) in [6.45, 7) is 1.13. The van der Waals surface area contributed by atoms with Gasteiger partial charge in [0.2, 0.25) is 0 Å². The van der Waals surface area contributed by atoms with Crippen LogP contribution in [-0.4, -0.2) is 22.2 Å². The molecule has 0 aromatic carbocycles. The quantitative estimate of drug-likeness (QED) is 0.784. The summed E-state index contributed by atoms with van der Waals surface area (Å²) in [7, 11) is 0. The molecule has 0 aliphatic carbocycles. The van der Waals surface area contributed by atoms with Crippen LogP contribution in [0.4, 0.5) is 0 Å². The van der Waals surface area contributed by atoms with Crippen molar-refractivity contribution < 1.29 is 9.21 Å². The summed E-state index contributed by atoms with van der Waals surface area (Å²) < 4.78 is 6.83. The number of aromatic nitrogens is 2. The zero-order valence-electron chi connectivity index (χ0n) is 10.7. The van der Waals surface area contributed by atoms with Crippen molar-refractivity contribution >= 4 is 17.2 Å². The lowest BCUT2D eigenvalue weighted by molar-refractivity contribution is 0.0924. The highest BCUT2D eigenvalue weighted by Crippen LogP contribution is 2.22. The molecule has 0 atom stereocenters. The Morgan fingerprint density at radius 1 is 1.35 bits per heavy atom. The topological polar surface area (TPSA) is 60.1 Å². The molecule has 0 fully saturated rings. The first-order chi connectivity index (χ1) is 9.83. The number of carbonyl (C=O) groups excluding carboxylic acids is 1. The lowest BCUT2D eigenvalue weighted by Crippen LogP contribution is -2.26. The van der Waals surface area contributed by atoms with E-state index < -0.39 is 0 Å². The van der Waals surface area contributed by atoms with Gasteiger partial charge in [0.15, 0.2) is 5.76 Å². The number of nitrogens with one attached hydrogen (secondary N) is 1. The van der Waals surface area contributed by atoms with Crippen molar-refractivity contribution in [3.05, 3.63) is 53.9 Å². The Hall–Kier alpha value is -2.34. The van der Waals surface area contributed by atoms with E-state index >= 15 is 0 Å². The fourth-order valence-electron chi connectivity index (χ4n) is 1.82. The van der Waals surface area contributed by atoms with E-state index in [9.17, 15) is 4.79 Å². The molecule has 3 rings (SSSR count). The van der Waals surface area contributed by atoms with E-state index in [0.717, 1.165) is 10.6 Å². The number of carbonyl (C=O) groups is 1. The molecule has 0 spiro atoms. The Morgan fingerprint density at radius 2 is 2.30 bits per heavy atom. The SMILES string of the molecule is O=C(NCCn1ccc(-c2cccs2)n1)c1ccco1. The van der Waals surface area contributed by atoms with E-state index in [1.807, 2.05) is 34.5 Å². The van der Waals surface area contributed by atoms with E-state index in [0.29, 0.717) is 18.8 Å². The number of nitrogens with zero attached hydrogens (tertiary/aromatic N) is 2. The molecular weight excluding hydrogens is 274 g/mol. The van der Waals surface area contributed by atoms with E-state index in [2.05, 4.69) is 10.4 Å². The van der Waals surface area contributed by atoms with Crippen LogP contribution in [0.2, 0.25) is 0 Å². The van der Waals surface area contributed by atoms with Crippen molar-refractivity contribution in [2.24, 2.45) is 0 Å². The molecule has 3 heterocycles. The van der Waals surface area contributed by atoms with Crippen LogP contribution in [-0.2, 0) is 6.54 Å². The van der Waals surface area contributed by atoms with Gasteiger partial charge in [-0.1, -0.05) is 6.07 Å². The molecule has 0 aliphatic rings. The van der Waals surface area contributed by atoms with Crippen LogP contribution < -0.4 is 5.32 Å². The summed E-state index contributed by atoms with van der Waals surface area (Å²) in [4.78, 5) is 12.8. The van der Waals surface area contributed by atoms with Crippen molar-refractivity contribution in [3.63, 3.8) is 0 Å². The Morgan fingerprint density at radius 3 is 3.05 bits per heavy atom. The lowest BCUT2D eigenvalue weighted by Gasteiger charge is -2.03. The van der Waals surface area contributed by atoms with Crippen LogP contribution in [0.3, 0.4) is 0 Å². The predicted molar refractivity (Wildman–Crippen MR) is 76.6 cm³/mol. The maximum Gasteiger partial charge on any atom is 0.287 e. The molecular formula is C14H13N3O2S. The molecule has 3 aromatic heterocycles. The third-order valence-corrected chi connectivity index (χ3v) is 3.68. The summed E-state index contributed by atoms with van der Waals surface area (Å²) >= 11 is 1.66. The molecule has 20 heavy (non-hydrogen) atoms. The van der Waals surface area contributed by atoms with Crippen LogP contribution >= 0.6 is 11.3 Å². The van der Waals surface area contributed by atoms with Gasteiger partial charge in [-0.2, -0.15) is 5.10 Å². The average Bonchev–Trinajstić information content (AvgIpc) is 3.20. The van der Waals surface area contributed by atoms with E-state index in [4.69, 9.17) is 4.42 Å². The van der Waals surface area contributed by atoms with Crippen LogP contribution in [0, 0.1) is 0 Å². The third-order valence-electron chi connectivity index (χ3n) is 2.79. The highest BCUT2D eigenvalue weighted by molar-refractivity contribution is 7.13. The number of hydrogen-bond donors (Lipinski definition) is 1. The Kier molecular flexibility index (Phi) is 3.64. The van der Waals surface area contributed by atoms with Crippen molar-refractivity contribution in [2.45, 2.75) is 6.54 Å². The normalized spacial score (nSPS) is 10.6. The van der Waals surface area contributed by atoms with Crippen molar-refractivity contribution in [1.29, 1.82) is 0 Å². The number of hydrogen-bond acceptors (Lipinski definition) is 4. The molecule has 0 saturated heterocycles. The van der Waals surface area contributed by atoms with Crippen molar-refractivity contribution in [3.8, 4) is 10.6 Å². The van der Waals surface area contributed by atoms with E-state index in [1.54, 1.807) is 23.5 Å². The van der Waals surface area contributed by atoms with Crippen LogP contribution in [0.1, 0.15) is 10.6 Å². The van der Waals surface area contributed by atoms with E-state index in [-0.39, 0.29) is 5.91 Å². The van der Waals surface area contributed by atoms with Crippen LogP contribution in [0.15, 0.2) is 52.6 Å². The maximum absolute atomic E-state index is 11.7. The molecule has 0 saturated carbocycles. The second-order valence-corrected chi connectivity index (χ2v) is 5.12. The lowest BCUT2D eigenvalue weighted by atomic mass is 10.3. The van der Waals surface area contributed by atoms with Gasteiger partial charge in [0.1, 0.15) is 5.69 Å². The highest BCUT2D eigenvalue weighted by Gasteiger charge is 2.07. The Labute approximate surface area is 119 Å². The number of amides is 1. The predicted octanol–water partition coefficient (Wildman–Crippen LogP) is 2.63. The molecule has 0 radical (unpaired) electrons. The summed E-state index contributed by atoms with van der Waals surface area (Å²) in [5, 5.41) is 9.28. The minimum absolute atomic E-state index is 0.208. The minimum Gasteiger partial charge on any atom is -0.459 e. The van der Waals surface area contributed by atoms with Gasteiger partial charge >= 0.3 is 0 Å². The molecule has 0 aliphatic heterocycles. The van der Waals surface area contributed by atoms with Crippen molar-refractivity contribution in [2.75, 3.05) is 6.54 Å². The zero-order chi connectivity index (χ0) is 13.8. The smallest absolute Gasteiger partial charge is 0.287 e. The first-order valence-corrected chi connectivity index (χ1v) is 7.10. The zero-order valence-corrected chi connectivity index (χ0v) is 11.5. The van der Waals surface area contributed by atoms with Gasteiger partial charge in [-0.3, -0.25) is 9.48 Å². The van der Waals surface area contributed by atoms with Gasteiger partial charge < -0.3 is 9.73 Å². The summed E-state index contributed by atoms with van der Waals surface area (Å²) in [6.07, 6.45) is 3.39. The fraction of sp³-hybridized carbons (Fsp3) is 0.143. The summed E-state index contributed by atoms with van der Waals surface area (Å²) in [6, 6.07) is 9.34. The van der Waals surface area contributed by atoms with Crippen molar-refractivity contribution in [1.82, 2.24) is 15.1 Å². The van der Waals surface area contributed by atoms with Gasteiger partial charge in [0.05, 0.1) is 17.7 Å². The molecule has 5 nitrogen and oxygen atoms in total. The van der Waals surface area contributed by atoms with E-state index in [1.165, 1.54) is 6.26 Å². The molecule has 1 N–H and O–H groups in total. The maximum atomic E-state index is 11.7. The average molecular weight is 287 g/mol. The van der Waals surface area contributed by atoms with Gasteiger partial charge in [0, 0.05) is 12.7 Å². The second kappa shape index (κ2) is 5.75. The molecule has 1 amide bonds. The third kappa shape index (κ3) is 2.80. The Bertz CT molecular complexity index is 671. The largest absolute Gasteiger partial charge is 0.459 e. The van der Waals surface area contributed by atoms with Gasteiger partial charge in [-0.05, 0) is 29.6 Å². The first kappa shape index (κ1) is 12.7. The summed E-state index contributed by atoms with van der Waals surface area (Å²) in [5.41, 5.74) is 0.956. The number of rotatable bonds is 5. The minimum atomic E-state index is -0.208. The monoisotopic (exact) mass is 287 g/mol. The standard InChI is InChI=1S/C14H13N3O2S/c18-14(12-3-1-9-19-12)15-6-8-17-7-5-11(16-17)13-4-2-10-20-13/h1-5,7,9-10H,6,8H2,(H,15,18). The second-order valence-electron chi connectivity index (χ2n) is 4.17. The molecule has 0 bridgehead atoms.